The Kier molecular flexibility index (Phi) is 4.68. The minimum absolute atomic E-state index is 0.185. The minimum Gasteiger partial charge on any atom is -0.326 e. The van der Waals surface area contributed by atoms with E-state index in [4.69, 9.17) is 5.21 Å². The van der Waals surface area contributed by atoms with E-state index in [9.17, 15) is 9.59 Å². The van der Waals surface area contributed by atoms with Crippen LogP contribution in [0, 0.1) is 0 Å². The molecule has 0 aromatic heterocycles. The molecule has 0 radical (unpaired) electrons. The summed E-state index contributed by atoms with van der Waals surface area (Å²) < 4.78 is 0. The predicted octanol–water partition coefficient (Wildman–Crippen LogP) is 2.28. The molecular formula is C16H16N2O3. The average Bonchev–Trinajstić information content (AvgIpc) is 2.48. The van der Waals surface area contributed by atoms with Crippen LogP contribution < -0.4 is 10.8 Å². The van der Waals surface area contributed by atoms with Crippen molar-refractivity contribution in [3.63, 3.8) is 0 Å². The molecule has 3 N–H and O–H groups in total. The summed E-state index contributed by atoms with van der Waals surface area (Å²) in [5.41, 5.74) is 3.73. The molecule has 0 heterocycles. The van der Waals surface area contributed by atoms with E-state index in [2.05, 4.69) is 5.32 Å². The molecule has 0 saturated carbocycles. The van der Waals surface area contributed by atoms with Crippen LogP contribution in [-0.4, -0.2) is 17.0 Å². The van der Waals surface area contributed by atoms with Crippen molar-refractivity contribution in [2.24, 2.45) is 0 Å². The Balaban J connectivity index is 2.42. The molecule has 1 unspecified atom stereocenters. The number of nitrogens with one attached hydrogen (secondary N) is 2. The summed E-state index contributed by atoms with van der Waals surface area (Å²) in [5.74, 6) is -1.36. The summed E-state index contributed by atoms with van der Waals surface area (Å²) in [5, 5.41) is 11.6. The van der Waals surface area contributed by atoms with Crippen molar-refractivity contribution >= 4 is 17.5 Å². The van der Waals surface area contributed by atoms with Crippen molar-refractivity contribution in [1.29, 1.82) is 0 Å². The first-order chi connectivity index (χ1) is 10.1. The fraction of sp³-hybridized carbons (Fsp3) is 0.125. The molecule has 5 heteroatoms. The lowest BCUT2D eigenvalue weighted by atomic mass is 9.90. The molecule has 0 bridgehead atoms. The average molecular weight is 284 g/mol. The molecule has 1 atom stereocenters. The van der Waals surface area contributed by atoms with Crippen molar-refractivity contribution in [2.45, 2.75) is 12.8 Å². The number of anilines is 1. The van der Waals surface area contributed by atoms with Crippen LogP contribution in [0.4, 0.5) is 5.69 Å². The lowest BCUT2D eigenvalue weighted by Gasteiger charge is -2.16. The second-order valence-corrected chi connectivity index (χ2v) is 4.63. The van der Waals surface area contributed by atoms with Crippen LogP contribution in [0.1, 0.15) is 24.0 Å². The first-order valence-electron chi connectivity index (χ1n) is 6.48. The zero-order valence-corrected chi connectivity index (χ0v) is 11.5. The summed E-state index contributed by atoms with van der Waals surface area (Å²) in [7, 11) is 0. The van der Waals surface area contributed by atoms with E-state index in [0.29, 0.717) is 11.3 Å². The third-order valence-corrected chi connectivity index (χ3v) is 3.05. The standard InChI is InChI=1S/C16H16N2O3/c1-11(19)17-14-9-5-8-13(10-14)15(16(20)18-21)12-6-3-2-4-7-12/h2-10,15,21H,1H3,(H,17,19)(H,18,20). The Morgan fingerprint density at radius 2 is 1.67 bits per heavy atom. The SMILES string of the molecule is CC(=O)Nc1cccc(C(C(=O)NO)c2ccccc2)c1. The van der Waals surface area contributed by atoms with Gasteiger partial charge in [-0.2, -0.15) is 0 Å². The molecule has 0 saturated heterocycles. The smallest absolute Gasteiger partial charge is 0.255 e. The van der Waals surface area contributed by atoms with Gasteiger partial charge in [0, 0.05) is 12.6 Å². The largest absolute Gasteiger partial charge is 0.326 e. The molecule has 0 aliphatic heterocycles. The topological polar surface area (TPSA) is 78.4 Å². The molecule has 2 aromatic rings. The van der Waals surface area contributed by atoms with Gasteiger partial charge in [-0.1, -0.05) is 42.5 Å². The lowest BCUT2D eigenvalue weighted by Crippen LogP contribution is -2.27. The third-order valence-electron chi connectivity index (χ3n) is 3.05. The Hall–Kier alpha value is -2.66. The van der Waals surface area contributed by atoms with Crippen molar-refractivity contribution in [3.8, 4) is 0 Å². The van der Waals surface area contributed by atoms with E-state index in [1.165, 1.54) is 6.92 Å². The van der Waals surface area contributed by atoms with Crippen molar-refractivity contribution < 1.29 is 14.8 Å². The number of amides is 2. The van der Waals surface area contributed by atoms with Gasteiger partial charge in [-0.15, -0.1) is 0 Å². The normalized spacial score (nSPS) is 11.5. The van der Waals surface area contributed by atoms with E-state index in [-0.39, 0.29) is 5.91 Å². The molecule has 0 spiro atoms. The van der Waals surface area contributed by atoms with Crippen LogP contribution >= 0.6 is 0 Å². The summed E-state index contributed by atoms with van der Waals surface area (Å²) >= 11 is 0. The van der Waals surface area contributed by atoms with E-state index < -0.39 is 11.8 Å². The second-order valence-electron chi connectivity index (χ2n) is 4.63. The number of benzene rings is 2. The van der Waals surface area contributed by atoms with E-state index in [0.717, 1.165) is 5.56 Å². The van der Waals surface area contributed by atoms with Gasteiger partial charge >= 0.3 is 0 Å². The molecule has 0 aliphatic carbocycles. The maximum Gasteiger partial charge on any atom is 0.255 e. The van der Waals surface area contributed by atoms with Gasteiger partial charge < -0.3 is 5.32 Å². The van der Waals surface area contributed by atoms with Crippen molar-refractivity contribution in [1.82, 2.24) is 5.48 Å². The number of rotatable bonds is 4. The Morgan fingerprint density at radius 1 is 1.00 bits per heavy atom. The van der Waals surface area contributed by atoms with Crippen LogP contribution in [0.2, 0.25) is 0 Å². The quantitative estimate of drug-likeness (QED) is 0.595. The van der Waals surface area contributed by atoms with Gasteiger partial charge in [0.05, 0.1) is 5.92 Å². The lowest BCUT2D eigenvalue weighted by molar-refractivity contribution is -0.129. The molecule has 108 valence electrons. The molecule has 5 nitrogen and oxygen atoms in total. The van der Waals surface area contributed by atoms with E-state index in [1.807, 2.05) is 30.3 Å². The molecule has 2 aromatic carbocycles. The fourth-order valence-corrected chi connectivity index (χ4v) is 2.20. The van der Waals surface area contributed by atoms with Crippen LogP contribution in [0.3, 0.4) is 0 Å². The number of carbonyl (C=O) groups excluding carboxylic acids is 2. The highest BCUT2D eigenvalue weighted by Gasteiger charge is 2.22. The zero-order chi connectivity index (χ0) is 15.2. The van der Waals surface area contributed by atoms with Crippen molar-refractivity contribution in [2.75, 3.05) is 5.32 Å². The van der Waals surface area contributed by atoms with E-state index >= 15 is 0 Å². The van der Waals surface area contributed by atoms with Gasteiger partial charge in [0.2, 0.25) is 5.91 Å². The number of carbonyl (C=O) groups is 2. The highest BCUT2D eigenvalue weighted by atomic mass is 16.5. The maximum absolute atomic E-state index is 12.0. The highest BCUT2D eigenvalue weighted by molar-refractivity contribution is 5.90. The van der Waals surface area contributed by atoms with Crippen LogP contribution in [0.5, 0.6) is 0 Å². The monoisotopic (exact) mass is 284 g/mol. The van der Waals surface area contributed by atoms with Gasteiger partial charge in [0.25, 0.3) is 5.91 Å². The number of hydroxylamine groups is 1. The van der Waals surface area contributed by atoms with Gasteiger partial charge in [-0.25, -0.2) is 5.48 Å². The first-order valence-corrected chi connectivity index (χ1v) is 6.48. The van der Waals surface area contributed by atoms with Gasteiger partial charge in [0.15, 0.2) is 0 Å². The van der Waals surface area contributed by atoms with Crippen molar-refractivity contribution in [3.05, 3.63) is 65.7 Å². The first kappa shape index (κ1) is 14.7. The summed E-state index contributed by atoms with van der Waals surface area (Å²) in [6.45, 7) is 1.42. The molecule has 2 amide bonds. The number of hydrogen-bond donors (Lipinski definition) is 3. The summed E-state index contributed by atoms with van der Waals surface area (Å²) in [6.07, 6.45) is 0. The van der Waals surface area contributed by atoms with Crippen LogP contribution in [-0.2, 0) is 9.59 Å². The maximum atomic E-state index is 12.0. The molecule has 0 fully saturated rings. The van der Waals surface area contributed by atoms with Crippen LogP contribution in [0.25, 0.3) is 0 Å². The minimum atomic E-state index is -0.648. The summed E-state index contributed by atoms with van der Waals surface area (Å²) in [4.78, 5) is 23.1. The third kappa shape index (κ3) is 3.67. The molecule has 0 aliphatic rings. The van der Waals surface area contributed by atoms with Crippen LogP contribution in [0.15, 0.2) is 54.6 Å². The highest BCUT2D eigenvalue weighted by Crippen LogP contribution is 2.26. The van der Waals surface area contributed by atoms with E-state index in [1.54, 1.807) is 29.7 Å². The Morgan fingerprint density at radius 3 is 2.29 bits per heavy atom. The number of hydrogen-bond acceptors (Lipinski definition) is 3. The predicted molar refractivity (Wildman–Crippen MR) is 79.0 cm³/mol. The molecular weight excluding hydrogens is 268 g/mol. The fourth-order valence-electron chi connectivity index (χ4n) is 2.20. The second kappa shape index (κ2) is 6.67. The molecule has 2 rings (SSSR count). The Bertz CT molecular complexity index is 641. The van der Waals surface area contributed by atoms with Gasteiger partial charge in [-0.05, 0) is 23.3 Å². The zero-order valence-electron chi connectivity index (χ0n) is 11.5. The Labute approximate surface area is 122 Å². The van der Waals surface area contributed by atoms with Gasteiger partial charge in [0.1, 0.15) is 0 Å². The summed E-state index contributed by atoms with van der Waals surface area (Å²) in [6, 6.07) is 16.1. The van der Waals surface area contributed by atoms with Gasteiger partial charge in [-0.3, -0.25) is 14.8 Å². The molecule has 21 heavy (non-hydrogen) atoms.